The summed E-state index contributed by atoms with van der Waals surface area (Å²) in [6, 6.07) is 19.2. The number of nitrogens with zero attached hydrogens (tertiary/aromatic N) is 1. The highest BCUT2D eigenvalue weighted by molar-refractivity contribution is 6.30. The first-order chi connectivity index (χ1) is 15.4. The standard InChI is InChI=1S/C25H21ClN2O4/c1-32-25(31)18-6-4-17(5-7-18)24(30)27-21-11-12-22-19(14-21)8-13-23(29)28(22)15-16-2-9-20(26)10-3-16/h2-7,9-12,14H,8,13,15H2,1H3,(H,27,30). The molecule has 3 aromatic rings. The molecule has 2 amide bonds. The summed E-state index contributed by atoms with van der Waals surface area (Å²) in [5, 5.41) is 3.53. The summed E-state index contributed by atoms with van der Waals surface area (Å²) in [6.07, 6.45) is 1.02. The van der Waals surface area contributed by atoms with E-state index in [2.05, 4.69) is 10.1 Å². The first kappa shape index (κ1) is 21.6. The van der Waals surface area contributed by atoms with Gasteiger partial charge >= 0.3 is 5.97 Å². The molecular formula is C25H21ClN2O4. The van der Waals surface area contributed by atoms with Crippen molar-refractivity contribution in [3.63, 3.8) is 0 Å². The van der Waals surface area contributed by atoms with Crippen molar-refractivity contribution >= 4 is 40.8 Å². The van der Waals surface area contributed by atoms with E-state index in [1.54, 1.807) is 35.2 Å². The van der Waals surface area contributed by atoms with Crippen LogP contribution in [0.3, 0.4) is 0 Å². The Kier molecular flexibility index (Phi) is 6.23. The molecule has 0 spiro atoms. The van der Waals surface area contributed by atoms with Crippen molar-refractivity contribution in [2.75, 3.05) is 17.3 Å². The molecule has 0 fully saturated rings. The third-order valence-corrected chi connectivity index (χ3v) is 5.61. The first-order valence-corrected chi connectivity index (χ1v) is 10.5. The molecule has 3 aromatic carbocycles. The van der Waals surface area contributed by atoms with Crippen molar-refractivity contribution in [2.45, 2.75) is 19.4 Å². The molecule has 1 N–H and O–H groups in total. The van der Waals surface area contributed by atoms with Crippen LogP contribution in [0.25, 0.3) is 0 Å². The highest BCUT2D eigenvalue weighted by Crippen LogP contribution is 2.32. The molecule has 1 aliphatic rings. The molecular weight excluding hydrogens is 428 g/mol. The topological polar surface area (TPSA) is 75.7 Å². The maximum absolute atomic E-state index is 12.6. The molecule has 4 rings (SSSR count). The predicted octanol–water partition coefficient (Wildman–Crippen LogP) is 4.86. The van der Waals surface area contributed by atoms with E-state index in [-0.39, 0.29) is 11.8 Å². The lowest BCUT2D eigenvalue weighted by Gasteiger charge is -2.30. The summed E-state index contributed by atoms with van der Waals surface area (Å²) >= 11 is 5.96. The van der Waals surface area contributed by atoms with Gasteiger partial charge in [-0.3, -0.25) is 9.59 Å². The van der Waals surface area contributed by atoms with E-state index in [1.807, 2.05) is 36.4 Å². The first-order valence-electron chi connectivity index (χ1n) is 10.1. The SMILES string of the molecule is COC(=O)c1ccc(C(=O)Nc2ccc3c(c2)CCC(=O)N3Cc2ccc(Cl)cc2)cc1. The number of carbonyl (C=O) groups excluding carboxylic acids is 3. The average Bonchev–Trinajstić information content (AvgIpc) is 2.81. The van der Waals surface area contributed by atoms with E-state index >= 15 is 0 Å². The van der Waals surface area contributed by atoms with E-state index in [1.165, 1.54) is 7.11 Å². The van der Waals surface area contributed by atoms with Gasteiger partial charge < -0.3 is 15.0 Å². The molecule has 7 heteroatoms. The van der Waals surface area contributed by atoms with E-state index < -0.39 is 5.97 Å². The zero-order valence-corrected chi connectivity index (χ0v) is 18.2. The van der Waals surface area contributed by atoms with E-state index in [0.29, 0.717) is 41.2 Å². The Balaban J connectivity index is 1.50. The second kappa shape index (κ2) is 9.24. The fraction of sp³-hybridized carbons (Fsp3) is 0.160. The van der Waals surface area contributed by atoms with Crippen LogP contribution in [0.4, 0.5) is 11.4 Å². The van der Waals surface area contributed by atoms with Gasteiger partial charge in [-0.2, -0.15) is 0 Å². The number of hydrogen-bond acceptors (Lipinski definition) is 4. The van der Waals surface area contributed by atoms with Crippen LogP contribution in [-0.2, 0) is 22.5 Å². The van der Waals surface area contributed by atoms with Crippen LogP contribution >= 0.6 is 11.6 Å². The number of rotatable bonds is 5. The van der Waals surface area contributed by atoms with Gasteiger partial charge in [0.05, 0.1) is 19.2 Å². The van der Waals surface area contributed by atoms with Gasteiger partial charge in [0.25, 0.3) is 5.91 Å². The minimum Gasteiger partial charge on any atom is -0.465 e. The molecule has 0 saturated heterocycles. The summed E-state index contributed by atoms with van der Waals surface area (Å²) in [7, 11) is 1.31. The summed E-state index contributed by atoms with van der Waals surface area (Å²) in [6.45, 7) is 0.460. The molecule has 1 heterocycles. The Bertz CT molecular complexity index is 1170. The normalized spacial score (nSPS) is 12.8. The maximum Gasteiger partial charge on any atom is 0.337 e. The van der Waals surface area contributed by atoms with Gasteiger partial charge in [-0.25, -0.2) is 4.79 Å². The molecule has 6 nitrogen and oxygen atoms in total. The van der Waals surface area contributed by atoms with Gasteiger partial charge in [-0.05, 0) is 72.1 Å². The molecule has 0 aliphatic carbocycles. The Morgan fingerprint density at radius 3 is 2.34 bits per heavy atom. The number of benzene rings is 3. The molecule has 0 bridgehead atoms. The van der Waals surface area contributed by atoms with E-state index in [0.717, 1.165) is 16.8 Å². The van der Waals surface area contributed by atoms with E-state index in [9.17, 15) is 14.4 Å². The number of amides is 2. The van der Waals surface area contributed by atoms with Gasteiger partial charge in [0.2, 0.25) is 5.91 Å². The van der Waals surface area contributed by atoms with Crippen LogP contribution in [0.15, 0.2) is 66.7 Å². The van der Waals surface area contributed by atoms with Crippen LogP contribution in [0.5, 0.6) is 0 Å². The molecule has 0 atom stereocenters. The third-order valence-electron chi connectivity index (χ3n) is 5.36. The summed E-state index contributed by atoms with van der Waals surface area (Å²) < 4.78 is 4.67. The molecule has 1 aliphatic heterocycles. The number of halogens is 1. The summed E-state index contributed by atoms with van der Waals surface area (Å²) in [4.78, 5) is 38.5. The van der Waals surface area contributed by atoms with Crippen molar-refractivity contribution in [3.05, 3.63) is 94.0 Å². The van der Waals surface area contributed by atoms with Crippen molar-refractivity contribution in [1.29, 1.82) is 0 Å². The Labute approximate surface area is 190 Å². The van der Waals surface area contributed by atoms with Crippen LogP contribution in [0.2, 0.25) is 5.02 Å². The highest BCUT2D eigenvalue weighted by atomic mass is 35.5. The molecule has 0 saturated carbocycles. The summed E-state index contributed by atoms with van der Waals surface area (Å²) in [5.74, 6) is -0.675. The minimum absolute atomic E-state index is 0.0648. The monoisotopic (exact) mass is 448 g/mol. The number of ether oxygens (including phenoxy) is 1. The number of methoxy groups -OCH3 is 1. The zero-order valence-electron chi connectivity index (χ0n) is 17.4. The minimum atomic E-state index is -0.454. The highest BCUT2D eigenvalue weighted by Gasteiger charge is 2.24. The summed E-state index contributed by atoms with van der Waals surface area (Å²) in [5.41, 5.74) is 4.28. The van der Waals surface area contributed by atoms with Gasteiger partial charge in [0.1, 0.15) is 0 Å². The van der Waals surface area contributed by atoms with Crippen LogP contribution in [0.1, 0.15) is 38.3 Å². The number of hydrogen-bond donors (Lipinski definition) is 1. The second-order valence-corrected chi connectivity index (χ2v) is 7.91. The fourth-order valence-electron chi connectivity index (χ4n) is 3.66. The van der Waals surface area contributed by atoms with Gasteiger partial charge in [-0.15, -0.1) is 0 Å². The van der Waals surface area contributed by atoms with Crippen LogP contribution < -0.4 is 10.2 Å². The van der Waals surface area contributed by atoms with Crippen molar-refractivity contribution in [1.82, 2.24) is 0 Å². The fourth-order valence-corrected chi connectivity index (χ4v) is 3.79. The van der Waals surface area contributed by atoms with Crippen molar-refractivity contribution < 1.29 is 19.1 Å². The Morgan fingerprint density at radius 1 is 0.969 bits per heavy atom. The lowest BCUT2D eigenvalue weighted by molar-refractivity contribution is -0.119. The zero-order chi connectivity index (χ0) is 22.7. The maximum atomic E-state index is 12.6. The molecule has 32 heavy (non-hydrogen) atoms. The Hall–Kier alpha value is -3.64. The number of nitrogens with one attached hydrogen (secondary N) is 1. The number of anilines is 2. The number of carbonyl (C=O) groups is 3. The lowest BCUT2D eigenvalue weighted by atomic mass is 9.99. The number of aryl methyl sites for hydroxylation is 1. The van der Waals surface area contributed by atoms with Gasteiger partial charge in [0, 0.05) is 28.4 Å². The molecule has 0 unspecified atom stereocenters. The third kappa shape index (κ3) is 4.65. The lowest BCUT2D eigenvalue weighted by Crippen LogP contribution is -2.34. The number of fused-ring (bicyclic) bond motifs is 1. The van der Waals surface area contributed by atoms with Crippen molar-refractivity contribution in [2.24, 2.45) is 0 Å². The number of esters is 1. The van der Waals surface area contributed by atoms with Gasteiger partial charge in [-0.1, -0.05) is 23.7 Å². The second-order valence-electron chi connectivity index (χ2n) is 7.47. The molecule has 162 valence electrons. The largest absolute Gasteiger partial charge is 0.465 e. The van der Waals surface area contributed by atoms with Crippen LogP contribution in [0, 0.1) is 0 Å². The molecule has 0 radical (unpaired) electrons. The average molecular weight is 449 g/mol. The van der Waals surface area contributed by atoms with Crippen molar-refractivity contribution in [3.8, 4) is 0 Å². The Morgan fingerprint density at radius 2 is 1.66 bits per heavy atom. The smallest absolute Gasteiger partial charge is 0.337 e. The quantitative estimate of drug-likeness (QED) is 0.565. The predicted molar refractivity (Wildman–Crippen MR) is 123 cm³/mol. The molecule has 0 aromatic heterocycles. The van der Waals surface area contributed by atoms with Gasteiger partial charge in [0.15, 0.2) is 0 Å². The van der Waals surface area contributed by atoms with Crippen LogP contribution in [-0.4, -0.2) is 24.9 Å². The van der Waals surface area contributed by atoms with E-state index in [4.69, 9.17) is 11.6 Å².